The first-order chi connectivity index (χ1) is 14.6. The Bertz CT molecular complexity index is 791. The van der Waals surface area contributed by atoms with Crippen molar-refractivity contribution in [3.8, 4) is 0 Å². The van der Waals surface area contributed by atoms with Crippen molar-refractivity contribution in [2.24, 2.45) is 23.2 Å². The van der Waals surface area contributed by atoms with Crippen LogP contribution in [0.1, 0.15) is 85.0 Å². The number of carbonyl (C=O) groups excluding carboxylic acids is 1. The first-order valence-electron chi connectivity index (χ1n) is 12.3. The molecule has 4 heteroatoms. The molecule has 0 spiro atoms. The van der Waals surface area contributed by atoms with Crippen molar-refractivity contribution < 1.29 is 19.7 Å². The Morgan fingerprint density at radius 2 is 2.00 bits per heavy atom. The number of carbonyl (C=O) groups is 1. The molecule has 2 N–H and O–H groups in total. The maximum Gasteiger partial charge on any atom is 0.338 e. The molecule has 3 aliphatic carbocycles. The van der Waals surface area contributed by atoms with Crippen molar-refractivity contribution in [2.75, 3.05) is 0 Å². The van der Waals surface area contributed by atoms with E-state index in [2.05, 4.69) is 32.6 Å². The summed E-state index contributed by atoms with van der Waals surface area (Å²) in [6, 6.07) is 0. The molecule has 7 atom stereocenters. The third-order valence-corrected chi connectivity index (χ3v) is 8.89. The van der Waals surface area contributed by atoms with Crippen LogP contribution in [0.5, 0.6) is 0 Å². The number of hydrogen-bond acceptors (Lipinski definition) is 4. The van der Waals surface area contributed by atoms with Crippen molar-refractivity contribution in [1.29, 1.82) is 0 Å². The second-order valence-electron chi connectivity index (χ2n) is 11.2. The molecular formula is C27H40O4. The Morgan fingerprint density at radius 3 is 2.71 bits per heavy atom. The van der Waals surface area contributed by atoms with Crippen LogP contribution in [0.15, 0.2) is 35.5 Å². The summed E-state index contributed by atoms with van der Waals surface area (Å²) in [4.78, 5) is 11.9. The Labute approximate surface area is 187 Å². The Kier molecular flexibility index (Phi) is 6.26. The third kappa shape index (κ3) is 4.43. The average Bonchev–Trinajstić information content (AvgIpc) is 3.17. The molecule has 0 aromatic rings. The predicted molar refractivity (Wildman–Crippen MR) is 122 cm³/mol. The standard InChI is InChI=1S/C27H40O4/c1-17-7-10-21(28)15-20(17)9-8-19-6-5-13-26(3)23(11-12-24(19)26)18(2)14-22-16-27(4,30)25(29)31-22/h8-9,18,21-24,28,30H,1,5-7,10-16H2,2-4H3/b19-8+,20-9-/t18-,21+,22-,23-,24+,26-,27-/m1/s1. The summed E-state index contributed by atoms with van der Waals surface area (Å²) in [5.74, 6) is 1.23. The monoisotopic (exact) mass is 428 g/mol. The van der Waals surface area contributed by atoms with E-state index >= 15 is 0 Å². The highest BCUT2D eigenvalue weighted by atomic mass is 16.6. The fourth-order valence-electron chi connectivity index (χ4n) is 7.17. The predicted octanol–water partition coefficient (Wildman–Crippen LogP) is 5.25. The lowest BCUT2D eigenvalue weighted by Crippen LogP contribution is -2.36. The minimum Gasteiger partial charge on any atom is -0.460 e. The third-order valence-electron chi connectivity index (χ3n) is 8.89. The molecule has 1 saturated heterocycles. The minimum absolute atomic E-state index is 0.160. The summed E-state index contributed by atoms with van der Waals surface area (Å²) in [5.41, 5.74) is 2.93. The summed E-state index contributed by atoms with van der Waals surface area (Å²) in [5, 5.41) is 20.2. The van der Waals surface area contributed by atoms with Gasteiger partial charge in [0, 0.05) is 6.42 Å². The first kappa shape index (κ1) is 22.8. The van der Waals surface area contributed by atoms with E-state index < -0.39 is 11.6 Å². The number of aliphatic hydroxyl groups excluding tert-OH is 1. The minimum atomic E-state index is -1.32. The normalized spacial score (nSPS) is 44.5. The van der Waals surface area contributed by atoms with Crippen LogP contribution in [-0.2, 0) is 9.53 Å². The molecule has 0 radical (unpaired) electrons. The molecule has 1 heterocycles. The van der Waals surface area contributed by atoms with E-state index in [0.717, 1.165) is 25.7 Å². The fraction of sp³-hybridized carbons (Fsp3) is 0.741. The highest BCUT2D eigenvalue weighted by molar-refractivity contribution is 5.80. The smallest absolute Gasteiger partial charge is 0.338 e. The maximum absolute atomic E-state index is 11.9. The van der Waals surface area contributed by atoms with Crippen LogP contribution in [0.25, 0.3) is 0 Å². The van der Waals surface area contributed by atoms with Gasteiger partial charge < -0.3 is 14.9 Å². The lowest BCUT2D eigenvalue weighted by Gasteiger charge is -2.44. The van der Waals surface area contributed by atoms with Gasteiger partial charge in [-0.2, -0.15) is 0 Å². The van der Waals surface area contributed by atoms with Gasteiger partial charge in [-0.15, -0.1) is 0 Å². The van der Waals surface area contributed by atoms with Crippen LogP contribution in [0.4, 0.5) is 0 Å². The van der Waals surface area contributed by atoms with E-state index in [1.165, 1.54) is 43.3 Å². The molecule has 0 bridgehead atoms. The fourth-order valence-corrected chi connectivity index (χ4v) is 7.17. The summed E-state index contributed by atoms with van der Waals surface area (Å²) >= 11 is 0. The van der Waals surface area contributed by atoms with Crippen molar-refractivity contribution in [2.45, 2.75) is 103 Å². The van der Waals surface area contributed by atoms with Crippen molar-refractivity contribution in [1.82, 2.24) is 0 Å². The van der Waals surface area contributed by atoms with Gasteiger partial charge in [0.05, 0.1) is 6.10 Å². The number of fused-ring (bicyclic) bond motifs is 1. The highest BCUT2D eigenvalue weighted by Gasteiger charge is 2.52. The average molecular weight is 429 g/mol. The van der Waals surface area contributed by atoms with Gasteiger partial charge in [-0.25, -0.2) is 4.79 Å². The van der Waals surface area contributed by atoms with Crippen molar-refractivity contribution in [3.05, 3.63) is 35.5 Å². The molecule has 172 valence electrons. The number of cyclic esters (lactones) is 1. The molecule has 0 amide bonds. The van der Waals surface area contributed by atoms with E-state index in [9.17, 15) is 15.0 Å². The molecule has 4 fully saturated rings. The number of rotatable bonds is 4. The first-order valence-corrected chi connectivity index (χ1v) is 12.3. The lowest BCUT2D eigenvalue weighted by molar-refractivity contribution is -0.154. The van der Waals surface area contributed by atoms with E-state index in [-0.39, 0.29) is 17.6 Å². The van der Waals surface area contributed by atoms with Gasteiger partial charge in [-0.3, -0.25) is 0 Å². The van der Waals surface area contributed by atoms with E-state index in [1.54, 1.807) is 12.5 Å². The van der Waals surface area contributed by atoms with Gasteiger partial charge >= 0.3 is 5.97 Å². The zero-order valence-corrected chi connectivity index (χ0v) is 19.5. The molecule has 0 aromatic carbocycles. The Hall–Kier alpha value is -1.39. The van der Waals surface area contributed by atoms with Gasteiger partial charge in [-0.05, 0) is 93.5 Å². The molecule has 3 saturated carbocycles. The number of ether oxygens (including phenoxy) is 1. The van der Waals surface area contributed by atoms with E-state index in [0.29, 0.717) is 24.2 Å². The van der Waals surface area contributed by atoms with Crippen molar-refractivity contribution >= 4 is 5.97 Å². The second kappa shape index (κ2) is 8.51. The molecule has 4 nitrogen and oxygen atoms in total. The molecule has 1 aliphatic heterocycles. The topological polar surface area (TPSA) is 66.8 Å². The quantitative estimate of drug-likeness (QED) is 0.600. The van der Waals surface area contributed by atoms with Crippen LogP contribution in [0, 0.1) is 23.2 Å². The second-order valence-corrected chi connectivity index (χ2v) is 11.2. The SMILES string of the molecule is C=C1CC[C@H](O)C/C1=C/C=C1\CCC[C@]2(C)[C@@H]([C@H](C)C[C@@H]3C[C@@](C)(O)C(=O)O3)CC[C@@H]12. The summed E-state index contributed by atoms with van der Waals surface area (Å²) in [6.45, 7) is 10.6. The molecule has 31 heavy (non-hydrogen) atoms. The molecular weight excluding hydrogens is 388 g/mol. The van der Waals surface area contributed by atoms with Gasteiger partial charge in [0.25, 0.3) is 0 Å². The zero-order chi connectivity index (χ0) is 22.4. The molecule has 0 unspecified atom stereocenters. The van der Waals surface area contributed by atoms with E-state index in [1.807, 2.05) is 0 Å². The number of hydrogen-bond donors (Lipinski definition) is 2. The van der Waals surface area contributed by atoms with Crippen LogP contribution < -0.4 is 0 Å². The van der Waals surface area contributed by atoms with Crippen LogP contribution in [0.3, 0.4) is 0 Å². The van der Waals surface area contributed by atoms with Gasteiger partial charge in [0.15, 0.2) is 5.60 Å². The molecule has 4 aliphatic rings. The number of esters is 1. The van der Waals surface area contributed by atoms with Crippen LogP contribution in [0.2, 0.25) is 0 Å². The summed E-state index contributed by atoms with van der Waals surface area (Å²) < 4.78 is 5.48. The van der Waals surface area contributed by atoms with Gasteiger partial charge in [-0.1, -0.05) is 43.7 Å². The maximum atomic E-state index is 11.9. The van der Waals surface area contributed by atoms with Gasteiger partial charge in [0.2, 0.25) is 0 Å². The number of aliphatic hydroxyl groups is 2. The van der Waals surface area contributed by atoms with Gasteiger partial charge in [0.1, 0.15) is 6.10 Å². The van der Waals surface area contributed by atoms with Crippen LogP contribution in [-0.4, -0.2) is 34.0 Å². The zero-order valence-electron chi connectivity index (χ0n) is 19.5. The van der Waals surface area contributed by atoms with Crippen LogP contribution >= 0.6 is 0 Å². The Morgan fingerprint density at radius 1 is 1.23 bits per heavy atom. The Balaban J connectivity index is 1.46. The molecule has 0 aromatic heterocycles. The molecule has 4 rings (SSSR count). The summed E-state index contributed by atoms with van der Waals surface area (Å²) in [7, 11) is 0. The van der Waals surface area contributed by atoms with Crippen molar-refractivity contribution in [3.63, 3.8) is 0 Å². The van der Waals surface area contributed by atoms with E-state index in [4.69, 9.17) is 4.74 Å². The highest BCUT2D eigenvalue weighted by Crippen LogP contribution is 2.60. The summed E-state index contributed by atoms with van der Waals surface area (Å²) in [6.07, 6.45) is 14.0. The lowest BCUT2D eigenvalue weighted by atomic mass is 9.60. The largest absolute Gasteiger partial charge is 0.460 e. The number of allylic oxidation sites excluding steroid dienone is 4.